The molecule has 2 aromatic rings. The smallest absolute Gasteiger partial charge is 0.263 e. The number of carbonyl (C=O) groups is 1. The Hall–Kier alpha value is -2.63. The number of likely N-dealkylation sites (tertiary alicyclic amines) is 1. The van der Waals surface area contributed by atoms with Gasteiger partial charge >= 0.3 is 0 Å². The normalized spacial score (nSPS) is 16.0. The molecule has 0 radical (unpaired) electrons. The van der Waals surface area contributed by atoms with Crippen LogP contribution in [0, 0.1) is 11.6 Å². The molecule has 1 atom stereocenters. The van der Waals surface area contributed by atoms with E-state index in [1.165, 1.54) is 12.1 Å². The molecule has 1 unspecified atom stereocenters. The van der Waals surface area contributed by atoms with Crippen LogP contribution in [-0.4, -0.2) is 36.1 Å². The molecular weight excluding hydrogens is 376 g/mol. The molecular formula is C23H27F2NO3. The van der Waals surface area contributed by atoms with Crippen LogP contribution in [0.5, 0.6) is 11.5 Å². The van der Waals surface area contributed by atoms with E-state index in [0.29, 0.717) is 37.6 Å². The van der Waals surface area contributed by atoms with Gasteiger partial charge in [-0.2, -0.15) is 0 Å². The summed E-state index contributed by atoms with van der Waals surface area (Å²) in [6.45, 7) is 6.98. The van der Waals surface area contributed by atoms with E-state index in [0.717, 1.165) is 11.6 Å². The first-order valence-corrected chi connectivity index (χ1v) is 10.0. The molecule has 0 N–H and O–H groups in total. The number of rotatable bonds is 6. The second-order valence-corrected chi connectivity index (χ2v) is 7.70. The van der Waals surface area contributed by atoms with Gasteiger partial charge in [-0.25, -0.2) is 8.78 Å². The highest BCUT2D eigenvalue weighted by molar-refractivity contribution is 5.81. The number of piperidine rings is 1. The zero-order valence-corrected chi connectivity index (χ0v) is 17.0. The van der Waals surface area contributed by atoms with Gasteiger partial charge in [-0.1, -0.05) is 26.0 Å². The van der Waals surface area contributed by atoms with Crippen molar-refractivity contribution in [3.05, 3.63) is 59.7 Å². The Kier molecular flexibility index (Phi) is 6.72. The van der Waals surface area contributed by atoms with Crippen LogP contribution >= 0.6 is 0 Å². The summed E-state index contributed by atoms with van der Waals surface area (Å²) in [6.07, 6.45) is 0.360. The van der Waals surface area contributed by atoms with Gasteiger partial charge in [0.2, 0.25) is 0 Å². The highest BCUT2D eigenvalue weighted by Gasteiger charge is 2.28. The van der Waals surface area contributed by atoms with Crippen molar-refractivity contribution in [1.29, 1.82) is 0 Å². The minimum atomic E-state index is -0.714. The third-order valence-electron chi connectivity index (χ3n) is 5.13. The summed E-state index contributed by atoms with van der Waals surface area (Å²) in [4.78, 5) is 14.5. The van der Waals surface area contributed by atoms with Crippen molar-refractivity contribution in [2.45, 2.75) is 51.7 Å². The molecule has 0 saturated carbocycles. The van der Waals surface area contributed by atoms with E-state index in [1.807, 2.05) is 24.3 Å². The largest absolute Gasteiger partial charge is 0.487 e. The average molecular weight is 403 g/mol. The zero-order valence-electron chi connectivity index (χ0n) is 17.0. The summed E-state index contributed by atoms with van der Waals surface area (Å²) in [5.74, 6) is -0.321. The van der Waals surface area contributed by atoms with Crippen molar-refractivity contribution >= 4 is 5.91 Å². The SMILES string of the molecule is CC(Oc1cccc(C(C)C)c1)C(=O)N1CCC(Oc2ccc(F)cc2F)CC1. The Balaban J connectivity index is 1.52. The van der Waals surface area contributed by atoms with E-state index in [9.17, 15) is 13.6 Å². The van der Waals surface area contributed by atoms with Crippen molar-refractivity contribution in [3.63, 3.8) is 0 Å². The Morgan fingerprint density at radius 2 is 1.79 bits per heavy atom. The number of halogens is 2. The van der Waals surface area contributed by atoms with Crippen molar-refractivity contribution in [2.24, 2.45) is 0 Å². The molecule has 3 rings (SSSR count). The lowest BCUT2D eigenvalue weighted by Crippen LogP contribution is -2.46. The van der Waals surface area contributed by atoms with Gasteiger partial charge < -0.3 is 14.4 Å². The van der Waals surface area contributed by atoms with Gasteiger partial charge in [0, 0.05) is 32.0 Å². The summed E-state index contributed by atoms with van der Waals surface area (Å²) in [6, 6.07) is 11.1. The maximum Gasteiger partial charge on any atom is 0.263 e. The molecule has 6 heteroatoms. The van der Waals surface area contributed by atoms with Crippen LogP contribution in [0.1, 0.15) is 45.1 Å². The molecule has 156 valence electrons. The molecule has 2 aromatic carbocycles. The topological polar surface area (TPSA) is 38.8 Å². The van der Waals surface area contributed by atoms with Crippen LogP contribution in [0.15, 0.2) is 42.5 Å². The minimum absolute atomic E-state index is 0.0397. The molecule has 29 heavy (non-hydrogen) atoms. The predicted octanol–water partition coefficient (Wildman–Crippen LogP) is 4.93. The third-order valence-corrected chi connectivity index (χ3v) is 5.13. The first-order chi connectivity index (χ1) is 13.8. The number of nitrogens with zero attached hydrogens (tertiary/aromatic N) is 1. The van der Waals surface area contributed by atoms with Gasteiger partial charge in [0.25, 0.3) is 5.91 Å². The Morgan fingerprint density at radius 1 is 1.07 bits per heavy atom. The van der Waals surface area contributed by atoms with Crippen molar-refractivity contribution in [2.75, 3.05) is 13.1 Å². The highest BCUT2D eigenvalue weighted by atomic mass is 19.1. The molecule has 4 nitrogen and oxygen atoms in total. The molecule has 0 aliphatic carbocycles. The van der Waals surface area contributed by atoms with Crippen molar-refractivity contribution in [1.82, 2.24) is 4.90 Å². The fourth-order valence-corrected chi connectivity index (χ4v) is 3.40. The van der Waals surface area contributed by atoms with E-state index in [2.05, 4.69) is 13.8 Å². The van der Waals surface area contributed by atoms with Crippen LogP contribution in [0.3, 0.4) is 0 Å². The second kappa shape index (κ2) is 9.25. The number of hydrogen-bond donors (Lipinski definition) is 0. The van der Waals surface area contributed by atoms with Gasteiger partial charge in [-0.3, -0.25) is 4.79 Å². The lowest BCUT2D eigenvalue weighted by molar-refractivity contribution is -0.139. The van der Waals surface area contributed by atoms with E-state index in [4.69, 9.17) is 9.47 Å². The minimum Gasteiger partial charge on any atom is -0.487 e. The lowest BCUT2D eigenvalue weighted by Gasteiger charge is -2.33. The molecule has 1 aliphatic rings. The highest BCUT2D eigenvalue weighted by Crippen LogP contribution is 2.24. The van der Waals surface area contributed by atoms with Gasteiger partial charge in [-0.05, 0) is 42.7 Å². The van der Waals surface area contributed by atoms with Gasteiger partial charge in [-0.15, -0.1) is 0 Å². The number of amides is 1. The van der Waals surface area contributed by atoms with Crippen LogP contribution < -0.4 is 9.47 Å². The lowest BCUT2D eigenvalue weighted by atomic mass is 10.0. The van der Waals surface area contributed by atoms with E-state index >= 15 is 0 Å². The van der Waals surface area contributed by atoms with Crippen LogP contribution in [0.2, 0.25) is 0 Å². The van der Waals surface area contributed by atoms with Gasteiger partial charge in [0.1, 0.15) is 17.7 Å². The summed E-state index contributed by atoms with van der Waals surface area (Å²) in [7, 11) is 0. The van der Waals surface area contributed by atoms with Gasteiger partial charge in [0.15, 0.2) is 17.7 Å². The first-order valence-electron chi connectivity index (χ1n) is 10.0. The summed E-state index contributed by atoms with van der Waals surface area (Å²) in [5.41, 5.74) is 1.16. The standard InChI is InChI=1S/C23H27F2NO3/c1-15(2)17-5-4-6-20(13-17)28-16(3)23(27)26-11-9-19(10-12-26)29-22-8-7-18(24)14-21(22)25/h4-8,13-16,19H,9-12H2,1-3H3. The van der Waals surface area contributed by atoms with Crippen molar-refractivity contribution < 1.29 is 23.0 Å². The van der Waals surface area contributed by atoms with Crippen molar-refractivity contribution in [3.8, 4) is 11.5 Å². The molecule has 1 saturated heterocycles. The fraction of sp³-hybridized carbons (Fsp3) is 0.435. The van der Waals surface area contributed by atoms with Crippen LogP contribution in [0.25, 0.3) is 0 Å². The molecule has 0 aromatic heterocycles. The summed E-state index contributed by atoms with van der Waals surface area (Å²) < 4.78 is 38.3. The average Bonchev–Trinajstić information content (AvgIpc) is 2.70. The second-order valence-electron chi connectivity index (χ2n) is 7.70. The Morgan fingerprint density at radius 3 is 2.45 bits per heavy atom. The number of carbonyl (C=O) groups excluding carboxylic acids is 1. The van der Waals surface area contributed by atoms with E-state index in [-0.39, 0.29) is 17.8 Å². The van der Waals surface area contributed by atoms with Crippen LogP contribution in [0.4, 0.5) is 8.78 Å². The number of benzene rings is 2. The Bertz CT molecular complexity index is 848. The maximum absolute atomic E-state index is 13.8. The molecule has 1 amide bonds. The van der Waals surface area contributed by atoms with Crippen LogP contribution in [-0.2, 0) is 4.79 Å². The molecule has 1 heterocycles. The first kappa shape index (κ1) is 21.1. The van der Waals surface area contributed by atoms with E-state index in [1.54, 1.807) is 11.8 Å². The number of hydrogen-bond acceptors (Lipinski definition) is 3. The monoisotopic (exact) mass is 403 g/mol. The molecule has 1 aliphatic heterocycles. The summed E-state index contributed by atoms with van der Waals surface area (Å²) >= 11 is 0. The maximum atomic E-state index is 13.8. The zero-order chi connectivity index (χ0) is 21.0. The molecule has 1 fully saturated rings. The number of ether oxygens (including phenoxy) is 2. The predicted molar refractivity (Wildman–Crippen MR) is 107 cm³/mol. The molecule has 0 bridgehead atoms. The fourth-order valence-electron chi connectivity index (χ4n) is 3.40. The van der Waals surface area contributed by atoms with Gasteiger partial charge in [0.05, 0.1) is 0 Å². The van der Waals surface area contributed by atoms with E-state index < -0.39 is 17.7 Å². The summed E-state index contributed by atoms with van der Waals surface area (Å²) in [5, 5.41) is 0. The third kappa shape index (κ3) is 5.46. The molecule has 0 spiro atoms. The Labute approximate surface area is 170 Å². The quantitative estimate of drug-likeness (QED) is 0.687.